The van der Waals surface area contributed by atoms with Crippen LogP contribution in [-0.2, 0) is 4.74 Å². The van der Waals surface area contributed by atoms with E-state index in [1.807, 2.05) is 0 Å². The topological polar surface area (TPSA) is 48.1 Å². The summed E-state index contributed by atoms with van der Waals surface area (Å²) >= 11 is 5.55. The molecule has 0 fully saturated rings. The molecule has 0 aliphatic rings. The second-order valence-corrected chi connectivity index (χ2v) is 2.96. The van der Waals surface area contributed by atoms with Crippen LogP contribution in [0.3, 0.4) is 0 Å². The third-order valence-corrected chi connectivity index (χ3v) is 1.86. The second-order valence-electron chi connectivity index (χ2n) is 2.55. The minimum Gasteiger partial charge on any atom is -0.383 e. The third-order valence-electron chi connectivity index (χ3n) is 1.57. The van der Waals surface area contributed by atoms with E-state index >= 15 is 0 Å². The Morgan fingerprint density at radius 3 is 3.08 bits per heavy atom. The molecule has 0 aromatic carbocycles. The van der Waals surface area contributed by atoms with Gasteiger partial charge in [-0.25, -0.2) is 4.39 Å². The predicted octanol–water partition coefficient (Wildman–Crippen LogP) is 1.52. The summed E-state index contributed by atoms with van der Waals surface area (Å²) in [5.74, 6) is -0.575. The summed E-state index contributed by atoms with van der Waals surface area (Å²) in [4.78, 5) is 3.79. The molecule has 0 aliphatic carbocycles. The first-order valence-electron chi connectivity index (χ1n) is 3.71. The fourth-order valence-corrected chi connectivity index (χ4v) is 1.11. The predicted molar refractivity (Wildman–Crippen MR) is 48.0 cm³/mol. The lowest BCUT2D eigenvalue weighted by Gasteiger charge is -2.10. The number of nitrogens with zero attached hydrogens (tertiary/aromatic N) is 1. The zero-order valence-electron chi connectivity index (χ0n) is 7.13. The van der Waals surface area contributed by atoms with Gasteiger partial charge in [-0.2, -0.15) is 0 Å². The first-order valence-corrected chi connectivity index (χ1v) is 4.09. The molecule has 3 nitrogen and oxygen atoms in total. The number of ether oxygens (including phenoxy) is 1. The number of hydrogen-bond acceptors (Lipinski definition) is 3. The zero-order chi connectivity index (χ0) is 9.84. The third kappa shape index (κ3) is 2.37. The lowest BCUT2D eigenvalue weighted by molar-refractivity contribution is 0.178. The minimum absolute atomic E-state index is 0.0246. The van der Waals surface area contributed by atoms with Crippen LogP contribution >= 0.6 is 11.6 Å². The first kappa shape index (κ1) is 10.4. The van der Waals surface area contributed by atoms with Crippen molar-refractivity contribution >= 4 is 11.6 Å². The molecular formula is C8H10ClFN2O. The van der Waals surface area contributed by atoms with Gasteiger partial charge in [-0.3, -0.25) is 4.98 Å². The normalized spacial score (nSPS) is 12.9. The molecule has 0 saturated heterocycles. The molecule has 1 rings (SSSR count). The van der Waals surface area contributed by atoms with Gasteiger partial charge in [-0.15, -0.1) is 0 Å². The maximum atomic E-state index is 13.2. The van der Waals surface area contributed by atoms with Crippen LogP contribution in [0, 0.1) is 5.82 Å². The number of aromatic nitrogens is 1. The standard InChI is InChI=1S/C8H10ClFN2O/c1-13-4-6(11)8-7(10)5(9)2-3-12-8/h2-3,6H,4,11H2,1H3. The largest absolute Gasteiger partial charge is 0.383 e. The number of halogens is 2. The van der Waals surface area contributed by atoms with E-state index in [2.05, 4.69) is 4.98 Å². The number of pyridine rings is 1. The number of rotatable bonds is 3. The maximum absolute atomic E-state index is 13.2. The van der Waals surface area contributed by atoms with Gasteiger partial charge in [-0.05, 0) is 6.07 Å². The Morgan fingerprint density at radius 1 is 1.77 bits per heavy atom. The van der Waals surface area contributed by atoms with Crippen LogP contribution in [0.5, 0.6) is 0 Å². The number of hydrogen-bond donors (Lipinski definition) is 1. The zero-order valence-corrected chi connectivity index (χ0v) is 7.88. The Kier molecular flexibility index (Phi) is 3.59. The summed E-state index contributed by atoms with van der Waals surface area (Å²) in [6.07, 6.45) is 1.41. The van der Waals surface area contributed by atoms with Crippen LogP contribution in [0.1, 0.15) is 11.7 Å². The van der Waals surface area contributed by atoms with Gasteiger partial charge < -0.3 is 10.5 Å². The lowest BCUT2D eigenvalue weighted by Crippen LogP contribution is -2.19. The van der Waals surface area contributed by atoms with Crippen molar-refractivity contribution < 1.29 is 9.13 Å². The first-order chi connectivity index (χ1) is 6.16. The average Bonchev–Trinajstić information content (AvgIpc) is 2.10. The minimum atomic E-state index is -0.580. The fourth-order valence-electron chi connectivity index (χ4n) is 0.952. The van der Waals surface area contributed by atoms with Gasteiger partial charge in [0.15, 0.2) is 5.82 Å². The smallest absolute Gasteiger partial charge is 0.164 e. The summed E-state index contributed by atoms with van der Waals surface area (Å²) in [6, 6.07) is 0.795. The van der Waals surface area contributed by atoms with Crippen molar-refractivity contribution in [2.24, 2.45) is 5.73 Å². The van der Waals surface area contributed by atoms with Crippen molar-refractivity contribution in [3.63, 3.8) is 0 Å². The molecule has 1 aromatic rings. The summed E-state index contributed by atoms with van der Waals surface area (Å²) in [7, 11) is 1.49. The fraction of sp³-hybridized carbons (Fsp3) is 0.375. The maximum Gasteiger partial charge on any atom is 0.164 e. The molecular weight excluding hydrogens is 195 g/mol. The second kappa shape index (κ2) is 4.50. The van der Waals surface area contributed by atoms with Crippen LogP contribution in [0.4, 0.5) is 4.39 Å². The van der Waals surface area contributed by atoms with Crippen molar-refractivity contribution in [2.75, 3.05) is 13.7 Å². The molecule has 72 valence electrons. The molecule has 1 aromatic heterocycles. The summed E-state index contributed by atoms with van der Waals surface area (Å²) < 4.78 is 18.0. The molecule has 0 spiro atoms. The highest BCUT2D eigenvalue weighted by Gasteiger charge is 2.14. The quantitative estimate of drug-likeness (QED) is 0.812. The molecule has 0 radical (unpaired) electrons. The van der Waals surface area contributed by atoms with Gasteiger partial charge in [0.05, 0.1) is 23.4 Å². The molecule has 5 heteroatoms. The van der Waals surface area contributed by atoms with E-state index in [4.69, 9.17) is 22.1 Å². The molecule has 2 N–H and O–H groups in total. The Bertz CT molecular complexity index is 295. The van der Waals surface area contributed by atoms with Crippen LogP contribution in [-0.4, -0.2) is 18.7 Å². The highest BCUT2D eigenvalue weighted by molar-refractivity contribution is 6.30. The summed E-state index contributed by atoms with van der Waals surface area (Å²) in [6.45, 7) is 0.213. The van der Waals surface area contributed by atoms with Crippen LogP contribution in [0.25, 0.3) is 0 Å². The van der Waals surface area contributed by atoms with Crippen molar-refractivity contribution in [1.29, 1.82) is 0 Å². The van der Waals surface area contributed by atoms with Gasteiger partial charge in [-0.1, -0.05) is 11.6 Å². The molecule has 0 aliphatic heterocycles. The molecule has 13 heavy (non-hydrogen) atoms. The molecule has 1 heterocycles. The van der Waals surface area contributed by atoms with Gasteiger partial charge >= 0.3 is 0 Å². The SMILES string of the molecule is COCC(N)c1nccc(Cl)c1F. The van der Waals surface area contributed by atoms with Crippen molar-refractivity contribution in [2.45, 2.75) is 6.04 Å². The van der Waals surface area contributed by atoms with E-state index in [9.17, 15) is 4.39 Å². The van der Waals surface area contributed by atoms with E-state index in [0.717, 1.165) is 0 Å². The molecule has 0 bridgehead atoms. The monoisotopic (exact) mass is 204 g/mol. The molecule has 0 amide bonds. The lowest BCUT2D eigenvalue weighted by atomic mass is 10.2. The van der Waals surface area contributed by atoms with E-state index in [1.165, 1.54) is 19.4 Å². The Labute approximate surface area is 80.7 Å². The van der Waals surface area contributed by atoms with Crippen molar-refractivity contribution in [1.82, 2.24) is 4.98 Å². The molecule has 1 unspecified atom stereocenters. The highest BCUT2D eigenvalue weighted by Crippen LogP contribution is 2.19. The Morgan fingerprint density at radius 2 is 2.46 bits per heavy atom. The van der Waals surface area contributed by atoms with Gasteiger partial charge in [0.2, 0.25) is 0 Å². The van der Waals surface area contributed by atoms with E-state index in [1.54, 1.807) is 0 Å². The average molecular weight is 205 g/mol. The van der Waals surface area contributed by atoms with Crippen LogP contribution in [0.2, 0.25) is 5.02 Å². The highest BCUT2D eigenvalue weighted by atomic mass is 35.5. The Hall–Kier alpha value is -0.710. The summed E-state index contributed by atoms with van der Waals surface area (Å²) in [5.41, 5.74) is 5.72. The van der Waals surface area contributed by atoms with Crippen molar-refractivity contribution in [3.8, 4) is 0 Å². The van der Waals surface area contributed by atoms with E-state index in [-0.39, 0.29) is 17.3 Å². The molecule has 0 saturated carbocycles. The van der Waals surface area contributed by atoms with Crippen molar-refractivity contribution in [3.05, 3.63) is 28.8 Å². The Balaban J connectivity index is 2.93. The van der Waals surface area contributed by atoms with Crippen LogP contribution < -0.4 is 5.73 Å². The van der Waals surface area contributed by atoms with Gasteiger partial charge in [0, 0.05) is 13.3 Å². The number of methoxy groups -OCH3 is 1. The molecule has 1 atom stereocenters. The number of nitrogens with two attached hydrogens (primary N) is 1. The van der Waals surface area contributed by atoms with E-state index < -0.39 is 11.9 Å². The summed E-state index contributed by atoms with van der Waals surface area (Å²) in [5, 5.41) is 0.0246. The van der Waals surface area contributed by atoms with Gasteiger partial charge in [0.1, 0.15) is 0 Å². The van der Waals surface area contributed by atoms with Crippen LogP contribution in [0.15, 0.2) is 12.3 Å². The van der Waals surface area contributed by atoms with E-state index in [0.29, 0.717) is 0 Å². The van der Waals surface area contributed by atoms with Gasteiger partial charge in [0.25, 0.3) is 0 Å².